The number of carbonyl (C=O) groups excluding carboxylic acids is 10. The van der Waals surface area contributed by atoms with Crippen LogP contribution in [0.25, 0.3) is 0 Å². The summed E-state index contributed by atoms with van der Waals surface area (Å²) < 4.78 is 183. The highest BCUT2D eigenvalue weighted by molar-refractivity contribution is 7.81. The summed E-state index contributed by atoms with van der Waals surface area (Å²) in [5.74, 6) is -2.25. The van der Waals surface area contributed by atoms with Crippen molar-refractivity contribution in [2.75, 3.05) is 45.9 Å². The monoisotopic (exact) mass is 1830 g/mol. The lowest BCUT2D eigenvalue weighted by molar-refractivity contribution is -0.144. The number of aromatic nitrogens is 6. The third kappa shape index (κ3) is 25.0. The molecule has 15 amide bonds. The van der Waals surface area contributed by atoms with Crippen molar-refractivity contribution in [1.29, 1.82) is 0 Å². The first-order chi connectivity index (χ1) is 57.1. The molecule has 1 aliphatic carbocycles. The van der Waals surface area contributed by atoms with Gasteiger partial charge in [0.15, 0.2) is 5.82 Å². The van der Waals surface area contributed by atoms with E-state index in [9.17, 15) is 90.0 Å². The van der Waals surface area contributed by atoms with Gasteiger partial charge in [0.25, 0.3) is 29.5 Å². The number of fused-ring (bicyclic) bond motifs is 10. The number of hydrogen-bond donors (Lipinski definition) is 12. The fourth-order valence-electron chi connectivity index (χ4n) is 14.1. The van der Waals surface area contributed by atoms with E-state index >= 15 is 0 Å². The van der Waals surface area contributed by atoms with Gasteiger partial charge >= 0.3 is 82.2 Å². The van der Waals surface area contributed by atoms with Gasteiger partial charge in [0.2, 0.25) is 0 Å². The molecular weight excluding hydrogens is 1750 g/mol. The molecule has 121 heavy (non-hydrogen) atoms. The Morgan fingerprint density at radius 2 is 0.826 bits per heavy atom. The molecule has 11 aliphatic heterocycles. The molecule has 0 aromatic carbocycles. The number of ether oxygens (including phenoxy) is 1. The van der Waals surface area contributed by atoms with E-state index in [1.54, 1.807) is 19.2 Å². The van der Waals surface area contributed by atoms with Crippen LogP contribution in [0.5, 0.6) is 0 Å². The van der Waals surface area contributed by atoms with Crippen LogP contribution >= 0.6 is 0 Å². The molecule has 1 saturated carbocycles. The van der Waals surface area contributed by atoms with E-state index in [4.69, 9.17) is 57.4 Å². The number of amides is 15. The van der Waals surface area contributed by atoms with Crippen LogP contribution in [-0.2, 0) is 146 Å². The largest absolute Gasteiger partial charge is 0.418 e. The second kappa shape index (κ2) is 39.2. The summed E-state index contributed by atoms with van der Waals surface area (Å²) in [4.78, 5) is 165. The third-order valence-corrected chi connectivity index (χ3v) is 21.5. The zero-order chi connectivity index (χ0) is 87.6. The lowest BCUT2D eigenvalue weighted by Crippen LogP contribution is -2.50. The number of H-pyrrole nitrogens is 1. The Bertz CT molecular complexity index is 4720. The van der Waals surface area contributed by atoms with Crippen molar-refractivity contribution < 1.29 is 168 Å². The van der Waals surface area contributed by atoms with Crippen molar-refractivity contribution >= 4 is 112 Å². The summed E-state index contributed by atoms with van der Waals surface area (Å²) >= 11 is 0. The molecule has 10 bridgehead atoms. The van der Waals surface area contributed by atoms with E-state index in [0.29, 0.717) is 120 Å². The van der Waals surface area contributed by atoms with Crippen molar-refractivity contribution in [1.82, 2.24) is 108 Å². The molecule has 3 aromatic heterocycles. The molecule has 0 spiro atoms. The summed E-state index contributed by atoms with van der Waals surface area (Å²) in [5, 5.41) is 12.7. The van der Waals surface area contributed by atoms with Gasteiger partial charge in [-0.3, -0.25) is 86.0 Å². The Labute approximate surface area is 684 Å². The van der Waals surface area contributed by atoms with Gasteiger partial charge in [0, 0.05) is 57.6 Å². The second-order valence-corrected chi connectivity index (χ2v) is 33.2. The lowest BCUT2D eigenvalue weighted by atomic mass is 10.0. The molecule has 12 fully saturated rings. The molecule has 13 N–H and O–H groups in total. The standard InChI is InChI=1S/C13H17N5O7S.C13H21N3O8S.C11H14N4O8S.C10H14N6O7S.C10H16N4O7S/c1-8-4-15-9(5-14-8)7-24-16-12(19)11-3-2-10-6-17(11)13(20)18(10)25-26(21,22)23;17-12(14-23-8-10-3-1-2-6-22-10)11-5-4-9-7-15(11)13(18)16(9)24-25(19,20)21;16-10(13-22-6-7-3-4-21-12-7)9-2-1-8-5-14(9)11(17)15(8)23-24(18,19)20;17-9(14-22-4-8-11-5-12-13-8)7-2-1-6-3-15(7)10(18)16(6)23-24(19,20)21;11-6-3-8(6)20-12-9(15)7-2-1-5-4-13(7)10(16)14(5)21-22(17,18)19/h4-5,10-11H,2-3,6-7H2,1H3,(H,16,19)(H,21,22,23);9-11H,1-8H2,(H,14,17)(H,19,20,21);3-4,8-9H,1-2,5-6H2,(H,13,16)(H,18,19,20);5-7H,1-4H2,(H,14,17)(H,11,12,13)(H,19,20,21);5-8H,1-4,11H2,(H,12,15)(H,17,18,19)/t10-,11+;9-,10?,11+;8-,9+;6-,7+;5-,6?,7+,8?/m11111/s1. The smallest absolute Gasteiger partial charge is 0.376 e. The quantitative estimate of drug-likeness (QED) is 0.0228. The molecule has 64 heteroatoms. The predicted octanol–water partition coefficient (Wildman–Crippen LogP) is -5.34. The third-order valence-electron chi connectivity index (χ3n) is 19.8. The summed E-state index contributed by atoms with van der Waals surface area (Å²) in [6.07, 6.45) is 12.3. The fraction of sp³-hybridized carbons (Fsp3) is 0.667. The Balaban J connectivity index is 0.000000148. The number of nitrogens with two attached hydrogens (primary N) is 1. The number of rotatable bonds is 29. The minimum atomic E-state index is -4.82. The molecule has 15 rings (SSSR count). The number of aromatic amines is 1. The maximum absolute atomic E-state index is 12.3. The van der Waals surface area contributed by atoms with Gasteiger partial charge in [0.1, 0.15) is 81.0 Å². The van der Waals surface area contributed by atoms with Gasteiger partial charge in [-0.1, -0.05) is 5.16 Å². The van der Waals surface area contributed by atoms with Crippen LogP contribution in [0.1, 0.15) is 113 Å². The molecule has 12 aliphatic rings. The van der Waals surface area contributed by atoms with E-state index in [1.165, 1.54) is 33.5 Å². The second-order valence-electron chi connectivity index (χ2n) is 28.2. The molecule has 13 atom stereocenters. The van der Waals surface area contributed by atoms with Crippen LogP contribution in [-0.4, -0.2) is 329 Å². The number of carbonyl (C=O) groups is 10. The van der Waals surface area contributed by atoms with E-state index in [0.717, 1.165) is 34.8 Å². The van der Waals surface area contributed by atoms with Crippen molar-refractivity contribution in [3.8, 4) is 0 Å². The molecule has 14 heterocycles. The molecular formula is C57H82N22O37S5. The Kier molecular flexibility index (Phi) is 29.7. The summed E-state index contributed by atoms with van der Waals surface area (Å²) in [6.45, 7) is 3.24. The van der Waals surface area contributed by atoms with E-state index in [1.807, 2.05) is 0 Å². The van der Waals surface area contributed by atoms with Crippen molar-refractivity contribution in [2.45, 2.75) is 195 Å². The molecule has 59 nitrogen and oxygen atoms in total. The number of aryl methyl sites for hydroxylation is 1. The fourth-order valence-corrected chi connectivity index (χ4v) is 16.1. The molecule has 3 unspecified atom stereocenters. The highest BCUT2D eigenvalue weighted by Crippen LogP contribution is 2.36. The maximum atomic E-state index is 12.3. The maximum Gasteiger partial charge on any atom is 0.418 e. The highest BCUT2D eigenvalue weighted by atomic mass is 32.3. The first-order valence-corrected chi connectivity index (χ1v) is 43.2. The number of urea groups is 5. The van der Waals surface area contributed by atoms with Crippen LogP contribution in [0.15, 0.2) is 35.6 Å². The van der Waals surface area contributed by atoms with Gasteiger partial charge in [-0.05, 0) is 96.8 Å². The summed E-state index contributed by atoms with van der Waals surface area (Å²) in [6, 6.07) is -9.35. The van der Waals surface area contributed by atoms with Crippen LogP contribution in [0, 0.1) is 6.92 Å². The van der Waals surface area contributed by atoms with Crippen LogP contribution in [0.3, 0.4) is 0 Å². The number of nitrogens with zero attached hydrogens (tertiary/aromatic N) is 15. The highest BCUT2D eigenvalue weighted by Gasteiger charge is 2.55. The molecule has 672 valence electrons. The Morgan fingerprint density at radius 1 is 0.471 bits per heavy atom. The summed E-state index contributed by atoms with van der Waals surface area (Å²) in [5.41, 5.74) is 18.6. The van der Waals surface area contributed by atoms with Crippen LogP contribution in [0.2, 0.25) is 0 Å². The molecule has 11 saturated heterocycles. The van der Waals surface area contributed by atoms with E-state index in [-0.39, 0.29) is 77.4 Å². The van der Waals surface area contributed by atoms with Crippen molar-refractivity contribution in [2.24, 2.45) is 5.73 Å². The summed E-state index contributed by atoms with van der Waals surface area (Å²) in [7, 11) is -24.1. The minimum absolute atomic E-state index is 0.000301. The average molecular weight is 1830 g/mol. The number of nitrogens with one attached hydrogen (secondary N) is 6. The first kappa shape index (κ1) is 91.9. The van der Waals surface area contributed by atoms with Gasteiger partial charge in [-0.15, -0.1) is 21.4 Å². The number of piperidine rings is 5. The van der Waals surface area contributed by atoms with Gasteiger partial charge < -0.3 is 39.5 Å². The first-order valence-electron chi connectivity index (χ1n) is 36.4. The average Bonchev–Trinajstić information content (AvgIpc) is 1.65. The molecule has 0 radical (unpaired) electrons. The SMILES string of the molecule is Cc1cnc(CONC(=O)[C@@H]2CC[C@@H]3CN2C(=O)N3OS(=O)(=O)O)cn1.NC1CC1ONC(=O)[C@@H]1CC[C@@H]2CN1C(=O)N2OS(=O)(=O)O.O=C(NOCC1CCCCO1)[C@@H]1CC[C@@H]2CN1C(=O)N2OS(=O)(=O)O.O=C(NOCc1ccon1)[C@@H]1CC[C@@H]2CN1C(=O)N2OS(=O)(=O)O.O=C(NOCc1ncn[nH]1)[C@@H]1CC[C@@H]2CN1C(=O)N2OS(=O)(=O)O. The Hall–Kier alpha value is -9.80. The zero-order valence-corrected chi connectivity index (χ0v) is 67.1. The van der Waals surface area contributed by atoms with Crippen LogP contribution < -0.4 is 33.1 Å². The van der Waals surface area contributed by atoms with Gasteiger partial charge in [-0.2, -0.15) is 72.5 Å². The number of hydroxylamine groups is 15. The van der Waals surface area contributed by atoms with Crippen molar-refractivity contribution in [3.63, 3.8) is 0 Å². The van der Waals surface area contributed by atoms with Crippen molar-refractivity contribution in [3.05, 3.63) is 54.0 Å². The predicted molar refractivity (Wildman–Crippen MR) is 379 cm³/mol. The normalized spacial score (nSPS) is 26.6. The van der Waals surface area contributed by atoms with E-state index < -0.39 is 172 Å². The lowest BCUT2D eigenvalue weighted by Gasteiger charge is -2.29. The van der Waals surface area contributed by atoms with Gasteiger partial charge in [-0.25, -0.2) is 56.4 Å². The minimum Gasteiger partial charge on any atom is -0.376 e. The topological polar surface area (TPSA) is 756 Å². The van der Waals surface area contributed by atoms with Gasteiger partial charge in [0.05, 0.1) is 53.9 Å². The molecule has 3 aromatic rings. The van der Waals surface area contributed by atoms with E-state index in [2.05, 4.69) is 83.6 Å². The zero-order valence-electron chi connectivity index (χ0n) is 63.0. The number of hydrogen-bond acceptors (Lipinski definition) is 38. The Morgan fingerprint density at radius 3 is 1.13 bits per heavy atom. The van der Waals surface area contributed by atoms with Crippen LogP contribution in [0.4, 0.5) is 24.0 Å².